The van der Waals surface area contributed by atoms with Gasteiger partial charge >= 0.3 is 71.8 Å². The summed E-state index contributed by atoms with van der Waals surface area (Å²) in [5, 5.41) is 13.3. The molecule has 4 N–H and O–H groups in total. The van der Waals surface area contributed by atoms with Gasteiger partial charge in [0.2, 0.25) is 29.1 Å². The van der Waals surface area contributed by atoms with Gasteiger partial charge in [-0.1, -0.05) is 6.42 Å². The molecule has 11 heterocycles. The number of amides is 5. The van der Waals surface area contributed by atoms with Crippen LogP contribution in [-0.2, 0) is 42.8 Å². The van der Waals surface area contributed by atoms with Gasteiger partial charge in [-0.2, -0.15) is 0 Å². The van der Waals surface area contributed by atoms with Gasteiger partial charge in [0, 0.05) is 200 Å². The number of halogens is 3. The van der Waals surface area contributed by atoms with E-state index in [0.29, 0.717) is 170 Å². The summed E-state index contributed by atoms with van der Waals surface area (Å²) in [6.45, 7) is 39.6. The fourth-order valence-electron chi connectivity index (χ4n) is 11.2. The number of nitrogens with zero attached hydrogens (tertiary/aromatic N) is 19. The van der Waals surface area contributed by atoms with Crippen molar-refractivity contribution in [2.75, 3.05) is 192 Å². The standard InChI is InChI=1S/C20H23FN4O3.C16H25N5O4.C16H24N4O4.C14H20N4O4.C7H7ClN2O2.C5H11N.C4H8O.C2H7NO.ClH.Na.H2O/c1-20(2,3)28-19(27)25-10-8-24(9-11-25)18-22-12-15(13-23-18)17(26)14-4-6-16(21)7-5-14;1-16(2,3)25-15(23)21-8-6-20(7-9-21)14-17-10-12(11-18-14)13(22)19(4)24-5;1-5-23-13(21)12-10-17-14(18-11-12)19-6-8-20(9-7-19)15(22)24-16(2,3)4;1-14(2,3)22-13(21)18-6-4-17(5-7-18)12-15-8-10(9-16-12)11(19)20;1-2-12-6(11)5-3-9-7(8)10-4-5;1-2-4-6-5-3-1;1-2-4-5-3-1;1-3-4-2;;;/h4-7,12-13H,8-11H2,1-3H3;10-11H,6-9H2,1-5H3;10-11H,5-9H2,1-4H3;8-9H,4-7H2,1-3H3,(H,19,20);3-4H,2H2,1H3;6H,1-5H2;1-4H2;3H,1-2H3;1H;;1H2/q;;;;;;;;;+1;/p-1. The summed E-state index contributed by atoms with van der Waals surface area (Å²) in [7, 11) is 6.21. The normalized spacial score (nSPS) is 14.8. The smallest absolute Gasteiger partial charge is 0.870 e. The molecule has 6 aromatic rings. The quantitative estimate of drug-likeness (QED) is 0.0249. The minimum atomic E-state index is -1.05. The average molecular weight is 1860 g/mol. The van der Waals surface area contributed by atoms with E-state index in [0.717, 1.165) is 18.3 Å². The number of rotatable bonds is 14. The van der Waals surface area contributed by atoms with Crippen LogP contribution in [0.3, 0.4) is 0 Å². The molecule has 6 fully saturated rings. The minimum absolute atomic E-state index is 0. The maximum Gasteiger partial charge on any atom is 1.00 e. The van der Waals surface area contributed by atoms with Crippen LogP contribution in [0.5, 0.6) is 0 Å². The Labute approximate surface area is 787 Å². The predicted molar refractivity (Wildman–Crippen MR) is 475 cm³/mol. The number of benzene rings is 1. The number of nitrogens with one attached hydrogen (secondary N) is 2. The summed E-state index contributed by atoms with van der Waals surface area (Å²) in [5.74, 6) is -0.867. The number of carbonyl (C=O) groups excluding carboxylic acids is 8. The fraction of sp³-hybridized carbons (Fsp3) is 0.583. The van der Waals surface area contributed by atoms with E-state index in [-0.39, 0.29) is 94.4 Å². The largest absolute Gasteiger partial charge is 1.00 e. The van der Waals surface area contributed by atoms with Crippen molar-refractivity contribution in [3.63, 3.8) is 0 Å². The van der Waals surface area contributed by atoms with Crippen LogP contribution in [0.2, 0.25) is 5.28 Å². The van der Waals surface area contributed by atoms with Crippen LogP contribution < -0.4 is 60.0 Å². The van der Waals surface area contributed by atoms with Gasteiger partial charge in [-0.25, -0.2) is 98.3 Å². The third-order valence-electron chi connectivity index (χ3n) is 17.7. The van der Waals surface area contributed by atoms with Crippen LogP contribution in [0.15, 0.2) is 86.2 Å². The van der Waals surface area contributed by atoms with E-state index in [4.69, 9.17) is 54.7 Å². The molecule has 710 valence electrons. The monoisotopic (exact) mass is 1860 g/mol. The Hall–Kier alpha value is -10.3. The number of ketones is 1. The number of hydrogen-bond donors (Lipinski definition) is 3. The van der Waals surface area contributed by atoms with Gasteiger partial charge in [0.1, 0.15) is 28.2 Å². The Balaban J connectivity index is 0.000000527. The fourth-order valence-corrected chi connectivity index (χ4v) is 11.3. The first-order chi connectivity index (χ1) is 59.6. The summed E-state index contributed by atoms with van der Waals surface area (Å²) < 4.78 is 49.0. The summed E-state index contributed by atoms with van der Waals surface area (Å²) in [5.41, 5.74) is 2.14. The van der Waals surface area contributed by atoms with Crippen LogP contribution in [0.25, 0.3) is 0 Å². The third kappa shape index (κ3) is 43.8. The second kappa shape index (κ2) is 58.4. The molecule has 6 saturated heterocycles. The SMILES string of the molecule is C1CCNCC1.C1CCOC1.CC(C)(C)OC(=O)N1CCN(c2ncc(C(=O)O)cn2)CC1.CC(C)(C)OC(=O)N1CCN(c2ncc(C(=O)c3ccc(F)cc3)cn2)CC1.CCOC(=O)c1cnc(Cl)nc1.CCOC(=O)c1cnc(N2CCN(C(=O)OC(C)(C)C)CC2)nc1.CNOC.CON(C)C(=O)c1cnc(N2CCN(C(=O)OC(C)(C)C)CC2)nc1.Cl.[Na+].[OH-]. The second-order valence-corrected chi connectivity index (χ2v) is 32.6. The van der Waals surface area contributed by atoms with E-state index in [9.17, 15) is 47.5 Å². The molecule has 1 aromatic carbocycles. The Morgan fingerprint density at radius 2 is 0.729 bits per heavy atom. The summed E-state index contributed by atoms with van der Waals surface area (Å²) in [6, 6.07) is 5.35. The predicted octanol–water partition coefficient (Wildman–Crippen LogP) is 6.89. The summed E-state index contributed by atoms with van der Waals surface area (Å²) in [4.78, 5) is 170. The van der Waals surface area contributed by atoms with Gasteiger partial charge in [0.05, 0.1) is 55.3 Å². The van der Waals surface area contributed by atoms with Gasteiger partial charge in [0.15, 0.2) is 5.78 Å². The first kappa shape index (κ1) is 115. The number of hydroxylamine groups is 3. The van der Waals surface area contributed by atoms with Crippen molar-refractivity contribution in [3.05, 3.63) is 131 Å². The van der Waals surface area contributed by atoms with Crippen LogP contribution in [-0.4, -0.2) is 334 Å². The molecule has 45 heteroatoms. The minimum Gasteiger partial charge on any atom is -0.870 e. The number of ether oxygens (including phenoxy) is 7. The van der Waals surface area contributed by atoms with Crippen molar-refractivity contribution in [2.24, 2.45) is 0 Å². The number of carbonyl (C=O) groups is 9. The van der Waals surface area contributed by atoms with Crippen molar-refractivity contribution >= 4 is 102 Å². The van der Waals surface area contributed by atoms with E-state index in [1.54, 1.807) is 47.6 Å². The van der Waals surface area contributed by atoms with Gasteiger partial charge in [-0.15, -0.1) is 12.4 Å². The summed E-state index contributed by atoms with van der Waals surface area (Å²) in [6.07, 6.45) is 19.5. The number of anilines is 4. The third-order valence-corrected chi connectivity index (χ3v) is 17.9. The van der Waals surface area contributed by atoms with Crippen molar-refractivity contribution in [3.8, 4) is 0 Å². The van der Waals surface area contributed by atoms with Gasteiger partial charge in [-0.3, -0.25) is 14.4 Å². The number of carboxylic acids is 1. The van der Waals surface area contributed by atoms with Gasteiger partial charge < -0.3 is 93.1 Å². The van der Waals surface area contributed by atoms with E-state index in [1.807, 2.05) is 103 Å². The molecule has 0 atom stereocenters. The molecule has 41 nitrogen and oxygen atoms in total. The molecule has 6 aliphatic rings. The van der Waals surface area contributed by atoms with Crippen LogP contribution in [0, 0.1) is 5.82 Å². The van der Waals surface area contributed by atoms with Crippen molar-refractivity contribution in [1.29, 1.82) is 0 Å². The molecule has 0 spiro atoms. The van der Waals surface area contributed by atoms with Gasteiger partial charge in [-0.05, 0) is 172 Å². The van der Waals surface area contributed by atoms with Gasteiger partial charge in [0.25, 0.3) is 5.91 Å². The van der Waals surface area contributed by atoms with Crippen LogP contribution >= 0.6 is 24.0 Å². The molecule has 0 aliphatic carbocycles. The first-order valence-corrected chi connectivity index (χ1v) is 41.9. The molecule has 12 rings (SSSR count). The Morgan fingerprint density at radius 1 is 0.450 bits per heavy atom. The van der Waals surface area contributed by atoms with E-state index >= 15 is 0 Å². The maximum absolute atomic E-state index is 13.0. The van der Waals surface area contributed by atoms with Crippen molar-refractivity contribution in [1.82, 2.24) is 85.3 Å². The number of aromatic carboxylic acids is 1. The maximum atomic E-state index is 13.0. The number of esters is 2. The van der Waals surface area contributed by atoms with Crippen LogP contribution in [0.4, 0.5) is 47.4 Å². The molecular formula is C84H127Cl2FN21NaO20. The number of carboxylic acid groups (broad SMARTS) is 1. The summed E-state index contributed by atoms with van der Waals surface area (Å²) >= 11 is 5.42. The number of piperazine rings is 4. The molecular weight excluding hydrogens is 1740 g/mol. The van der Waals surface area contributed by atoms with Crippen molar-refractivity contribution < 1.29 is 131 Å². The second-order valence-electron chi connectivity index (χ2n) is 32.3. The molecule has 0 bridgehead atoms. The molecule has 5 aromatic heterocycles. The first-order valence-electron chi connectivity index (χ1n) is 41.5. The van der Waals surface area contributed by atoms with Crippen LogP contribution in [0.1, 0.15) is 186 Å². The zero-order chi connectivity index (χ0) is 93.2. The molecule has 129 heavy (non-hydrogen) atoms. The van der Waals surface area contributed by atoms with E-state index in [2.05, 4.69) is 65.5 Å². The zero-order valence-electron chi connectivity index (χ0n) is 77.6. The zero-order valence-corrected chi connectivity index (χ0v) is 81.2. The Morgan fingerprint density at radius 3 is 0.961 bits per heavy atom. The number of aromatic nitrogens is 10. The molecule has 0 unspecified atom stereocenters. The molecule has 6 aliphatic heterocycles. The molecule has 0 saturated carbocycles. The Kier molecular flexibility index (Phi) is 52.0. The number of hydrogen-bond acceptors (Lipinski definition) is 35. The molecule has 0 radical (unpaired) electrons. The topological polar surface area (TPSA) is 469 Å². The Bertz CT molecular complexity index is 4280. The van der Waals surface area contributed by atoms with Crippen molar-refractivity contribution in [2.45, 2.75) is 151 Å². The number of piperidine rings is 1. The van der Waals surface area contributed by atoms with E-state index in [1.165, 1.54) is 146 Å². The van der Waals surface area contributed by atoms with E-state index < -0.39 is 46.1 Å². The average Bonchev–Trinajstić information content (AvgIpc) is 1.06. The molecule has 5 amide bonds.